The van der Waals surface area contributed by atoms with Gasteiger partial charge in [-0.25, -0.2) is 0 Å². The Balaban J connectivity index is 1.81. The van der Waals surface area contributed by atoms with Crippen molar-refractivity contribution in [3.05, 3.63) is 5.89 Å². The highest BCUT2D eigenvalue weighted by Crippen LogP contribution is 2.32. The van der Waals surface area contributed by atoms with Crippen LogP contribution in [0, 0.1) is 11.3 Å². The maximum Gasteiger partial charge on any atom is 0.276 e. The lowest BCUT2D eigenvalue weighted by molar-refractivity contribution is 0.334. The van der Waals surface area contributed by atoms with E-state index in [1.807, 2.05) is 0 Å². The molecule has 0 N–H and O–H groups in total. The quantitative estimate of drug-likeness (QED) is 0.592. The molecule has 2 rings (SSSR count). The van der Waals surface area contributed by atoms with Crippen molar-refractivity contribution in [2.75, 3.05) is 5.75 Å². The average Bonchev–Trinajstić information content (AvgIpc) is 2.85. The van der Waals surface area contributed by atoms with Gasteiger partial charge in [0, 0.05) is 18.1 Å². The van der Waals surface area contributed by atoms with Crippen molar-refractivity contribution in [2.45, 2.75) is 56.1 Å². The molecule has 1 saturated carbocycles. The van der Waals surface area contributed by atoms with Crippen LogP contribution in [0.5, 0.6) is 0 Å². The maximum absolute atomic E-state index is 8.43. The zero-order valence-electron chi connectivity index (χ0n) is 9.89. The molecule has 0 amide bonds. The van der Waals surface area contributed by atoms with Gasteiger partial charge in [0.15, 0.2) is 0 Å². The van der Waals surface area contributed by atoms with Gasteiger partial charge in [0.1, 0.15) is 0 Å². The molecule has 0 aromatic carbocycles. The Hall–Kier alpha value is -1.02. The standard InChI is InChI=1S/C12H17N3OS/c13-8-4-5-9-17-12-15-14-11(16-12)10-6-2-1-3-7-10/h10H,1-7,9H2. The predicted molar refractivity (Wildman–Crippen MR) is 65.7 cm³/mol. The third-order valence-electron chi connectivity index (χ3n) is 3.03. The van der Waals surface area contributed by atoms with Crippen LogP contribution < -0.4 is 0 Å². The number of hydrogen-bond acceptors (Lipinski definition) is 5. The summed E-state index contributed by atoms with van der Waals surface area (Å²) in [5.74, 6) is 2.16. The first-order chi connectivity index (χ1) is 8.40. The normalized spacial score (nSPS) is 16.9. The minimum atomic E-state index is 0.477. The van der Waals surface area contributed by atoms with E-state index in [0.29, 0.717) is 17.6 Å². The fourth-order valence-electron chi connectivity index (χ4n) is 2.10. The van der Waals surface area contributed by atoms with Crippen molar-refractivity contribution in [2.24, 2.45) is 0 Å². The molecule has 17 heavy (non-hydrogen) atoms. The number of hydrogen-bond donors (Lipinski definition) is 0. The van der Waals surface area contributed by atoms with Gasteiger partial charge in [0.25, 0.3) is 5.22 Å². The molecule has 0 aliphatic heterocycles. The van der Waals surface area contributed by atoms with E-state index in [-0.39, 0.29) is 0 Å². The van der Waals surface area contributed by atoms with E-state index in [4.69, 9.17) is 9.68 Å². The van der Waals surface area contributed by atoms with Gasteiger partial charge in [-0.15, -0.1) is 10.2 Å². The van der Waals surface area contributed by atoms with Gasteiger partial charge in [-0.2, -0.15) is 5.26 Å². The lowest BCUT2D eigenvalue weighted by atomic mass is 9.89. The van der Waals surface area contributed by atoms with Crippen LogP contribution in [0.1, 0.15) is 56.8 Å². The summed E-state index contributed by atoms with van der Waals surface area (Å²) in [5.41, 5.74) is 0. The van der Waals surface area contributed by atoms with Crippen LogP contribution in [0.3, 0.4) is 0 Å². The zero-order chi connectivity index (χ0) is 11.9. The lowest BCUT2D eigenvalue weighted by Crippen LogP contribution is -2.04. The van der Waals surface area contributed by atoms with Crippen LogP contribution in [-0.4, -0.2) is 16.0 Å². The highest BCUT2D eigenvalue weighted by molar-refractivity contribution is 7.99. The summed E-state index contributed by atoms with van der Waals surface area (Å²) in [6.07, 6.45) is 7.72. The van der Waals surface area contributed by atoms with Crippen LogP contribution in [0.15, 0.2) is 9.64 Å². The number of aromatic nitrogens is 2. The highest BCUT2D eigenvalue weighted by atomic mass is 32.2. The molecule has 1 aromatic rings. The van der Waals surface area contributed by atoms with E-state index in [9.17, 15) is 0 Å². The Morgan fingerprint density at radius 1 is 1.29 bits per heavy atom. The smallest absolute Gasteiger partial charge is 0.276 e. The van der Waals surface area contributed by atoms with E-state index in [1.165, 1.54) is 32.1 Å². The summed E-state index contributed by atoms with van der Waals surface area (Å²) in [6.45, 7) is 0. The second-order valence-corrected chi connectivity index (χ2v) is 5.40. The SMILES string of the molecule is N#CCCCSc1nnc(C2CCCCC2)o1. The first-order valence-corrected chi connectivity index (χ1v) is 7.22. The third kappa shape index (κ3) is 3.74. The Kier molecular flexibility index (Phi) is 4.87. The van der Waals surface area contributed by atoms with E-state index < -0.39 is 0 Å². The van der Waals surface area contributed by atoms with Gasteiger partial charge in [0.05, 0.1) is 6.07 Å². The Morgan fingerprint density at radius 3 is 2.88 bits per heavy atom. The molecule has 5 heteroatoms. The van der Waals surface area contributed by atoms with Gasteiger partial charge >= 0.3 is 0 Å². The summed E-state index contributed by atoms with van der Waals surface area (Å²) in [5, 5.41) is 17.3. The Bertz CT molecular complexity index is 379. The summed E-state index contributed by atoms with van der Waals surface area (Å²) >= 11 is 1.55. The minimum absolute atomic E-state index is 0.477. The second kappa shape index (κ2) is 6.65. The van der Waals surface area contributed by atoms with Gasteiger partial charge in [-0.05, 0) is 19.3 Å². The monoisotopic (exact) mass is 251 g/mol. The molecule has 0 bridgehead atoms. The van der Waals surface area contributed by atoms with Crippen LogP contribution in [0.2, 0.25) is 0 Å². The summed E-state index contributed by atoms with van der Waals surface area (Å²) in [6, 6.07) is 2.13. The van der Waals surface area contributed by atoms with E-state index >= 15 is 0 Å². The summed E-state index contributed by atoms with van der Waals surface area (Å²) in [4.78, 5) is 0. The Morgan fingerprint density at radius 2 is 2.12 bits per heavy atom. The molecular weight excluding hydrogens is 234 g/mol. The van der Waals surface area contributed by atoms with Crippen LogP contribution in [0.4, 0.5) is 0 Å². The first-order valence-electron chi connectivity index (χ1n) is 6.23. The zero-order valence-corrected chi connectivity index (χ0v) is 10.7. The molecule has 4 nitrogen and oxygen atoms in total. The molecular formula is C12H17N3OS. The number of thioether (sulfide) groups is 1. The molecule has 1 aromatic heterocycles. The van der Waals surface area contributed by atoms with Gasteiger partial charge in [0.2, 0.25) is 5.89 Å². The predicted octanol–water partition coefficient (Wildman–Crippen LogP) is 3.51. The highest BCUT2D eigenvalue weighted by Gasteiger charge is 2.21. The molecule has 0 radical (unpaired) electrons. The van der Waals surface area contributed by atoms with Crippen LogP contribution in [0.25, 0.3) is 0 Å². The van der Waals surface area contributed by atoms with Crippen LogP contribution in [-0.2, 0) is 0 Å². The maximum atomic E-state index is 8.43. The molecule has 92 valence electrons. The number of nitriles is 1. The number of rotatable bonds is 5. The molecule has 0 saturated heterocycles. The Labute approximate surface area is 106 Å². The molecule has 1 aliphatic carbocycles. The number of nitrogens with zero attached hydrogens (tertiary/aromatic N) is 3. The lowest BCUT2D eigenvalue weighted by Gasteiger charge is -2.17. The largest absolute Gasteiger partial charge is 0.416 e. The van der Waals surface area contributed by atoms with Gasteiger partial charge < -0.3 is 4.42 Å². The van der Waals surface area contributed by atoms with Crippen LogP contribution >= 0.6 is 11.8 Å². The van der Waals surface area contributed by atoms with E-state index in [2.05, 4.69) is 16.3 Å². The van der Waals surface area contributed by atoms with Crippen molar-refractivity contribution in [1.29, 1.82) is 5.26 Å². The topological polar surface area (TPSA) is 62.7 Å². The van der Waals surface area contributed by atoms with Crippen molar-refractivity contribution >= 4 is 11.8 Å². The molecule has 1 aliphatic rings. The molecule has 1 fully saturated rings. The summed E-state index contributed by atoms with van der Waals surface area (Å²) in [7, 11) is 0. The minimum Gasteiger partial charge on any atom is -0.416 e. The molecule has 0 atom stereocenters. The van der Waals surface area contributed by atoms with Crippen molar-refractivity contribution < 1.29 is 4.42 Å². The molecule has 1 heterocycles. The summed E-state index contributed by atoms with van der Waals surface area (Å²) < 4.78 is 5.66. The van der Waals surface area contributed by atoms with Gasteiger partial charge in [-0.1, -0.05) is 31.0 Å². The van der Waals surface area contributed by atoms with Gasteiger partial charge in [-0.3, -0.25) is 0 Å². The van der Waals surface area contributed by atoms with Crippen molar-refractivity contribution in [3.63, 3.8) is 0 Å². The molecule has 0 spiro atoms. The van der Waals surface area contributed by atoms with E-state index in [0.717, 1.165) is 18.1 Å². The number of unbranched alkanes of at least 4 members (excludes halogenated alkanes) is 1. The van der Waals surface area contributed by atoms with Crippen molar-refractivity contribution in [1.82, 2.24) is 10.2 Å². The fourth-order valence-corrected chi connectivity index (χ4v) is 2.81. The molecule has 0 unspecified atom stereocenters. The third-order valence-corrected chi connectivity index (χ3v) is 3.94. The van der Waals surface area contributed by atoms with E-state index in [1.54, 1.807) is 11.8 Å². The second-order valence-electron chi connectivity index (χ2n) is 4.35. The fraction of sp³-hybridized carbons (Fsp3) is 0.750. The first kappa shape index (κ1) is 12.4. The average molecular weight is 251 g/mol. The van der Waals surface area contributed by atoms with Crippen molar-refractivity contribution in [3.8, 4) is 6.07 Å².